The molecule has 0 aliphatic carbocycles. The molecular formula is C17H16BrN3OS. The lowest BCUT2D eigenvalue weighted by molar-refractivity contribution is -0.119. The summed E-state index contributed by atoms with van der Waals surface area (Å²) in [5, 5.41) is 3.76. The third-order valence-electron chi connectivity index (χ3n) is 3.46. The lowest BCUT2D eigenvalue weighted by Crippen LogP contribution is -2.28. The average Bonchev–Trinajstić information content (AvgIpc) is 2.96. The molecule has 3 rings (SSSR count). The van der Waals surface area contributed by atoms with Crippen LogP contribution in [-0.4, -0.2) is 21.6 Å². The van der Waals surface area contributed by atoms with Gasteiger partial charge in [0.2, 0.25) is 5.91 Å². The Hall–Kier alpha value is -1.79. The van der Waals surface area contributed by atoms with Crippen LogP contribution in [0.2, 0.25) is 0 Å². The third-order valence-corrected chi connectivity index (χ3v) is 4.86. The SMILES string of the molecule is C[C@H](NC(=O)CSc1nc2ccccc2[nH]1)c1ccc(Br)cc1. The van der Waals surface area contributed by atoms with Gasteiger partial charge >= 0.3 is 0 Å². The molecule has 0 fully saturated rings. The molecule has 118 valence electrons. The molecule has 3 aromatic rings. The Morgan fingerprint density at radius 2 is 2.00 bits per heavy atom. The smallest absolute Gasteiger partial charge is 0.230 e. The van der Waals surface area contributed by atoms with Crippen molar-refractivity contribution in [3.63, 3.8) is 0 Å². The van der Waals surface area contributed by atoms with Crippen molar-refractivity contribution in [3.05, 3.63) is 58.6 Å². The molecule has 6 heteroatoms. The number of nitrogens with zero attached hydrogens (tertiary/aromatic N) is 1. The number of hydrogen-bond acceptors (Lipinski definition) is 3. The number of carbonyl (C=O) groups is 1. The van der Waals surface area contributed by atoms with E-state index in [1.165, 1.54) is 11.8 Å². The number of fused-ring (bicyclic) bond motifs is 1. The van der Waals surface area contributed by atoms with Gasteiger partial charge in [-0.1, -0.05) is 52.0 Å². The van der Waals surface area contributed by atoms with Crippen molar-refractivity contribution in [2.24, 2.45) is 0 Å². The molecule has 1 aromatic heterocycles. The van der Waals surface area contributed by atoms with Crippen LogP contribution >= 0.6 is 27.7 Å². The molecule has 0 bridgehead atoms. The summed E-state index contributed by atoms with van der Waals surface area (Å²) in [7, 11) is 0. The molecule has 1 amide bonds. The van der Waals surface area contributed by atoms with E-state index in [-0.39, 0.29) is 11.9 Å². The van der Waals surface area contributed by atoms with Crippen molar-refractivity contribution >= 4 is 44.6 Å². The summed E-state index contributed by atoms with van der Waals surface area (Å²) in [5.41, 5.74) is 2.98. The van der Waals surface area contributed by atoms with Gasteiger partial charge in [-0.3, -0.25) is 4.79 Å². The predicted octanol–water partition coefficient (Wildman–Crippen LogP) is 4.29. The summed E-state index contributed by atoms with van der Waals surface area (Å²) in [6, 6.07) is 15.8. The Morgan fingerprint density at radius 3 is 2.74 bits per heavy atom. The first-order valence-corrected chi connectivity index (χ1v) is 9.02. The van der Waals surface area contributed by atoms with Crippen molar-refractivity contribution in [1.82, 2.24) is 15.3 Å². The second-order valence-electron chi connectivity index (χ2n) is 5.19. The average molecular weight is 390 g/mol. The minimum absolute atomic E-state index is 0.00845. The quantitative estimate of drug-likeness (QED) is 0.639. The van der Waals surface area contributed by atoms with Crippen molar-refractivity contribution in [2.45, 2.75) is 18.1 Å². The summed E-state index contributed by atoms with van der Waals surface area (Å²) in [4.78, 5) is 19.8. The molecule has 0 aliphatic rings. The van der Waals surface area contributed by atoms with E-state index in [1.807, 2.05) is 55.5 Å². The molecule has 2 N–H and O–H groups in total. The van der Waals surface area contributed by atoms with Crippen LogP contribution < -0.4 is 5.32 Å². The largest absolute Gasteiger partial charge is 0.349 e. The molecular weight excluding hydrogens is 374 g/mol. The van der Waals surface area contributed by atoms with Crippen molar-refractivity contribution in [1.29, 1.82) is 0 Å². The normalized spacial score (nSPS) is 12.3. The number of amides is 1. The van der Waals surface area contributed by atoms with E-state index in [9.17, 15) is 4.79 Å². The third kappa shape index (κ3) is 4.14. The van der Waals surface area contributed by atoms with Crippen LogP contribution in [0.3, 0.4) is 0 Å². The zero-order valence-corrected chi connectivity index (χ0v) is 14.9. The van der Waals surface area contributed by atoms with Gasteiger partial charge in [0.25, 0.3) is 0 Å². The van der Waals surface area contributed by atoms with E-state index in [1.54, 1.807) is 0 Å². The first-order chi connectivity index (χ1) is 11.1. The van der Waals surface area contributed by atoms with Crippen molar-refractivity contribution in [2.75, 3.05) is 5.75 Å². The molecule has 0 unspecified atom stereocenters. The van der Waals surface area contributed by atoms with E-state index in [2.05, 4.69) is 31.2 Å². The number of para-hydroxylation sites is 2. The van der Waals surface area contributed by atoms with Crippen molar-refractivity contribution in [3.8, 4) is 0 Å². The summed E-state index contributed by atoms with van der Waals surface area (Å²) >= 11 is 4.82. The van der Waals surface area contributed by atoms with Crippen molar-refractivity contribution < 1.29 is 4.79 Å². The molecule has 4 nitrogen and oxygen atoms in total. The predicted molar refractivity (Wildman–Crippen MR) is 97.5 cm³/mol. The maximum atomic E-state index is 12.1. The second-order valence-corrected chi connectivity index (χ2v) is 7.07. The van der Waals surface area contributed by atoms with Gasteiger partial charge in [-0.15, -0.1) is 0 Å². The summed E-state index contributed by atoms with van der Waals surface area (Å²) in [6.45, 7) is 1.98. The van der Waals surface area contributed by atoms with Gasteiger partial charge in [0.15, 0.2) is 5.16 Å². The number of rotatable bonds is 5. The van der Waals surface area contributed by atoms with E-state index in [4.69, 9.17) is 0 Å². The minimum Gasteiger partial charge on any atom is -0.349 e. The maximum absolute atomic E-state index is 12.1. The first kappa shape index (κ1) is 16.1. The topological polar surface area (TPSA) is 57.8 Å². The summed E-state index contributed by atoms with van der Waals surface area (Å²) < 4.78 is 1.03. The summed E-state index contributed by atoms with van der Waals surface area (Å²) in [5.74, 6) is 0.326. The van der Waals surface area contributed by atoms with E-state index < -0.39 is 0 Å². The fourth-order valence-corrected chi connectivity index (χ4v) is 3.21. The van der Waals surface area contributed by atoms with Crippen LogP contribution in [0, 0.1) is 0 Å². The Kier molecular flexibility index (Phi) is 5.03. The number of nitrogens with one attached hydrogen (secondary N) is 2. The van der Waals surface area contributed by atoms with E-state index in [0.717, 1.165) is 26.2 Å². The van der Waals surface area contributed by atoms with Crippen LogP contribution in [-0.2, 0) is 4.79 Å². The first-order valence-electron chi connectivity index (χ1n) is 7.24. The van der Waals surface area contributed by atoms with Crippen LogP contribution in [0.5, 0.6) is 0 Å². The number of benzene rings is 2. The number of hydrogen-bond donors (Lipinski definition) is 2. The van der Waals surface area contributed by atoms with Gasteiger partial charge < -0.3 is 10.3 Å². The van der Waals surface area contributed by atoms with Gasteiger partial charge in [-0.05, 0) is 36.8 Å². The van der Waals surface area contributed by atoms with Gasteiger partial charge in [-0.2, -0.15) is 0 Å². The molecule has 0 saturated carbocycles. The second kappa shape index (κ2) is 7.19. The minimum atomic E-state index is -0.0214. The fraction of sp³-hybridized carbons (Fsp3) is 0.176. The molecule has 1 atom stereocenters. The highest BCUT2D eigenvalue weighted by Crippen LogP contribution is 2.20. The Morgan fingerprint density at radius 1 is 1.26 bits per heavy atom. The Labute approximate surface area is 147 Å². The molecule has 0 spiro atoms. The molecule has 0 aliphatic heterocycles. The maximum Gasteiger partial charge on any atom is 0.230 e. The van der Waals surface area contributed by atoms with Crippen LogP contribution in [0.1, 0.15) is 18.5 Å². The zero-order chi connectivity index (χ0) is 16.2. The lowest BCUT2D eigenvalue weighted by Gasteiger charge is -2.14. The Bertz CT molecular complexity index is 783. The number of aromatic nitrogens is 2. The van der Waals surface area contributed by atoms with E-state index in [0.29, 0.717) is 5.75 Å². The number of thioether (sulfide) groups is 1. The molecule has 23 heavy (non-hydrogen) atoms. The van der Waals surface area contributed by atoms with Gasteiger partial charge in [0.05, 0.1) is 22.8 Å². The lowest BCUT2D eigenvalue weighted by atomic mass is 10.1. The number of imidazole rings is 1. The molecule has 0 saturated heterocycles. The standard InChI is InChI=1S/C17H16BrN3OS/c1-11(12-6-8-13(18)9-7-12)19-16(22)10-23-17-20-14-4-2-3-5-15(14)21-17/h2-9,11H,10H2,1H3,(H,19,22)(H,20,21)/t11-/m0/s1. The van der Waals surface area contributed by atoms with Gasteiger partial charge in [0, 0.05) is 4.47 Å². The molecule has 0 radical (unpaired) electrons. The number of H-pyrrole nitrogens is 1. The van der Waals surface area contributed by atoms with E-state index >= 15 is 0 Å². The van der Waals surface area contributed by atoms with Gasteiger partial charge in [0.1, 0.15) is 0 Å². The Balaban J connectivity index is 1.55. The zero-order valence-electron chi connectivity index (χ0n) is 12.5. The van der Waals surface area contributed by atoms with Crippen LogP contribution in [0.15, 0.2) is 58.2 Å². The van der Waals surface area contributed by atoms with Crippen LogP contribution in [0.25, 0.3) is 11.0 Å². The highest BCUT2D eigenvalue weighted by molar-refractivity contribution is 9.10. The number of halogens is 1. The summed E-state index contributed by atoms with van der Waals surface area (Å²) in [6.07, 6.45) is 0. The van der Waals surface area contributed by atoms with Crippen LogP contribution in [0.4, 0.5) is 0 Å². The molecule has 2 aromatic carbocycles. The molecule has 1 heterocycles. The highest BCUT2D eigenvalue weighted by Gasteiger charge is 2.11. The number of aromatic amines is 1. The fourth-order valence-electron chi connectivity index (χ4n) is 2.25. The monoisotopic (exact) mass is 389 g/mol. The number of carbonyl (C=O) groups excluding carboxylic acids is 1. The van der Waals surface area contributed by atoms with Gasteiger partial charge in [-0.25, -0.2) is 4.98 Å². The highest BCUT2D eigenvalue weighted by atomic mass is 79.9.